The summed E-state index contributed by atoms with van der Waals surface area (Å²) in [5.74, 6) is -4.74. The monoisotopic (exact) mass is 433 g/mol. The molecule has 0 radical (unpaired) electrons. The molecule has 0 fully saturated rings. The molecular formula is C11H10ClF6NO4S2. The first kappa shape index (κ1) is 22.0. The van der Waals surface area contributed by atoms with E-state index in [-0.39, 0.29) is 4.34 Å². The van der Waals surface area contributed by atoms with Crippen LogP contribution in [0.5, 0.6) is 0 Å². The Kier molecular flexibility index (Phi) is 6.75. The maximum atomic E-state index is 12.5. The van der Waals surface area contributed by atoms with Gasteiger partial charge in [-0.2, -0.15) is 31.1 Å². The summed E-state index contributed by atoms with van der Waals surface area (Å²) in [5, 5.41) is 8.97. The van der Waals surface area contributed by atoms with Crippen LogP contribution in [0.1, 0.15) is 12.8 Å². The third-order valence-corrected chi connectivity index (χ3v) is 5.98. The lowest BCUT2D eigenvalue weighted by Gasteiger charge is -2.26. The van der Waals surface area contributed by atoms with Crippen LogP contribution in [-0.2, 0) is 14.8 Å². The van der Waals surface area contributed by atoms with Gasteiger partial charge in [-0.05, 0) is 12.1 Å². The molecule has 0 aromatic carbocycles. The Labute approximate surface area is 146 Å². The number of carbonyl (C=O) groups is 1. The van der Waals surface area contributed by atoms with Gasteiger partial charge in [-0.1, -0.05) is 11.6 Å². The van der Waals surface area contributed by atoms with Crippen molar-refractivity contribution in [2.24, 2.45) is 5.92 Å². The molecule has 0 spiro atoms. The Balaban J connectivity index is 3.18. The minimum atomic E-state index is -5.12. The van der Waals surface area contributed by atoms with E-state index >= 15 is 0 Å². The van der Waals surface area contributed by atoms with E-state index in [1.807, 2.05) is 0 Å². The number of halogens is 7. The second-order valence-corrected chi connectivity index (χ2v) is 8.55. The zero-order chi connectivity index (χ0) is 19.6. The van der Waals surface area contributed by atoms with Crippen molar-refractivity contribution in [2.45, 2.75) is 35.4 Å². The Morgan fingerprint density at radius 1 is 1.16 bits per heavy atom. The highest BCUT2D eigenvalue weighted by Crippen LogP contribution is 2.35. The lowest BCUT2D eigenvalue weighted by atomic mass is 9.92. The molecule has 14 heteroatoms. The van der Waals surface area contributed by atoms with Crippen LogP contribution in [0, 0.1) is 5.92 Å². The van der Waals surface area contributed by atoms with Crippen LogP contribution in [0.25, 0.3) is 0 Å². The van der Waals surface area contributed by atoms with E-state index in [0.29, 0.717) is 11.3 Å². The van der Waals surface area contributed by atoms with Crippen LogP contribution >= 0.6 is 22.9 Å². The number of hydrogen-bond acceptors (Lipinski definition) is 4. The molecule has 0 aliphatic carbocycles. The van der Waals surface area contributed by atoms with Crippen molar-refractivity contribution in [2.75, 3.05) is 0 Å². The standard InChI is InChI=1S/C11H10ClF6NO4S2/c12-6-1-2-7(24-6)25(22,23)19-8(9(20)21)5(3-10(13,14)15)4-11(16,17)18/h1-2,5,8,19H,3-4H2,(H,20,21)/t8-/m0/s1. The summed E-state index contributed by atoms with van der Waals surface area (Å²) >= 11 is 5.98. The highest BCUT2D eigenvalue weighted by molar-refractivity contribution is 7.91. The molecule has 1 heterocycles. The number of thiophene rings is 1. The van der Waals surface area contributed by atoms with Crippen LogP contribution in [0.2, 0.25) is 4.34 Å². The predicted molar refractivity (Wildman–Crippen MR) is 75.9 cm³/mol. The zero-order valence-electron chi connectivity index (χ0n) is 11.9. The minimum absolute atomic E-state index is 0.0191. The van der Waals surface area contributed by atoms with Crippen molar-refractivity contribution >= 4 is 38.9 Å². The SMILES string of the molecule is O=C(O)[C@@H](NS(=O)(=O)c1ccc(Cl)s1)C(CC(F)(F)F)CC(F)(F)F. The Hall–Kier alpha value is -1.05. The van der Waals surface area contributed by atoms with Gasteiger partial charge in [-0.3, -0.25) is 4.79 Å². The quantitative estimate of drug-likeness (QED) is 0.643. The lowest BCUT2D eigenvalue weighted by molar-refractivity contribution is -0.178. The summed E-state index contributed by atoms with van der Waals surface area (Å²) in [4.78, 5) is 11.1. The largest absolute Gasteiger partial charge is 0.480 e. The first-order valence-corrected chi connectivity index (χ1v) is 8.92. The molecule has 0 saturated carbocycles. The molecule has 0 aliphatic rings. The van der Waals surface area contributed by atoms with Gasteiger partial charge in [0.2, 0.25) is 0 Å². The van der Waals surface area contributed by atoms with Crippen molar-refractivity contribution in [1.29, 1.82) is 0 Å². The molecule has 5 nitrogen and oxygen atoms in total. The number of alkyl halides is 6. The van der Waals surface area contributed by atoms with Gasteiger partial charge in [-0.25, -0.2) is 8.42 Å². The molecule has 1 atom stereocenters. The molecule has 1 aromatic heterocycles. The number of rotatable bonds is 7. The fraction of sp³-hybridized carbons (Fsp3) is 0.545. The van der Waals surface area contributed by atoms with Gasteiger partial charge < -0.3 is 5.11 Å². The van der Waals surface area contributed by atoms with Gasteiger partial charge in [-0.15, -0.1) is 11.3 Å². The summed E-state index contributed by atoms with van der Waals surface area (Å²) in [7, 11) is -4.67. The molecule has 1 rings (SSSR count). The highest BCUT2D eigenvalue weighted by atomic mass is 35.5. The molecular weight excluding hydrogens is 424 g/mol. The minimum Gasteiger partial charge on any atom is -0.480 e. The molecule has 0 aliphatic heterocycles. The number of nitrogens with one attached hydrogen (secondary N) is 1. The first-order valence-electron chi connectivity index (χ1n) is 6.25. The van der Waals surface area contributed by atoms with E-state index in [1.54, 1.807) is 0 Å². The van der Waals surface area contributed by atoms with Crippen LogP contribution in [0.4, 0.5) is 26.3 Å². The van der Waals surface area contributed by atoms with E-state index in [0.717, 1.165) is 12.1 Å². The number of sulfonamides is 1. The molecule has 0 amide bonds. The van der Waals surface area contributed by atoms with Gasteiger partial charge in [0.25, 0.3) is 10.0 Å². The zero-order valence-corrected chi connectivity index (χ0v) is 14.2. The summed E-state index contributed by atoms with van der Waals surface area (Å²) in [6, 6.07) is -0.565. The van der Waals surface area contributed by atoms with E-state index in [1.165, 1.54) is 4.72 Å². The number of aliphatic carboxylic acids is 1. The normalized spacial score (nSPS) is 14.7. The predicted octanol–water partition coefficient (Wildman–Crippen LogP) is 3.65. The smallest absolute Gasteiger partial charge is 0.389 e. The molecule has 0 unspecified atom stereocenters. The average molecular weight is 434 g/mol. The van der Waals surface area contributed by atoms with Gasteiger partial charge in [0, 0.05) is 18.8 Å². The van der Waals surface area contributed by atoms with E-state index in [9.17, 15) is 39.6 Å². The summed E-state index contributed by atoms with van der Waals surface area (Å²) < 4.78 is 99.9. The van der Waals surface area contributed by atoms with Crippen LogP contribution in [-0.4, -0.2) is 37.9 Å². The molecule has 0 saturated heterocycles. The number of carboxylic acid groups (broad SMARTS) is 1. The summed E-state index contributed by atoms with van der Waals surface area (Å²) in [6.07, 6.45) is -14.5. The van der Waals surface area contributed by atoms with Gasteiger partial charge in [0.15, 0.2) is 0 Å². The number of hydrogen-bond donors (Lipinski definition) is 2. The molecule has 144 valence electrons. The van der Waals surface area contributed by atoms with E-state index < -0.39 is 57.4 Å². The number of carboxylic acids is 1. The first-order chi connectivity index (χ1) is 11.1. The maximum Gasteiger partial charge on any atom is 0.389 e. The highest BCUT2D eigenvalue weighted by Gasteiger charge is 2.45. The topological polar surface area (TPSA) is 83.5 Å². The molecule has 0 bridgehead atoms. The van der Waals surface area contributed by atoms with Crippen LogP contribution in [0.3, 0.4) is 0 Å². The Bertz CT molecular complexity index is 699. The average Bonchev–Trinajstić information content (AvgIpc) is 2.79. The Morgan fingerprint density at radius 3 is 1.96 bits per heavy atom. The van der Waals surface area contributed by atoms with Crippen LogP contribution < -0.4 is 4.72 Å². The third-order valence-electron chi connectivity index (χ3n) is 2.82. The van der Waals surface area contributed by atoms with Crippen molar-refractivity contribution in [3.63, 3.8) is 0 Å². The molecule has 2 N–H and O–H groups in total. The van der Waals surface area contributed by atoms with E-state index in [4.69, 9.17) is 16.7 Å². The molecule has 25 heavy (non-hydrogen) atoms. The van der Waals surface area contributed by atoms with Gasteiger partial charge in [0.1, 0.15) is 10.3 Å². The van der Waals surface area contributed by atoms with E-state index in [2.05, 4.69) is 0 Å². The van der Waals surface area contributed by atoms with Crippen molar-refractivity contribution in [3.05, 3.63) is 16.5 Å². The van der Waals surface area contributed by atoms with Crippen molar-refractivity contribution in [3.8, 4) is 0 Å². The van der Waals surface area contributed by atoms with Crippen LogP contribution in [0.15, 0.2) is 16.3 Å². The van der Waals surface area contributed by atoms with Gasteiger partial charge in [0.05, 0.1) is 4.34 Å². The molecule has 1 aromatic rings. The lowest BCUT2D eigenvalue weighted by Crippen LogP contribution is -2.48. The summed E-state index contributed by atoms with van der Waals surface area (Å²) in [5.41, 5.74) is 0. The van der Waals surface area contributed by atoms with Crippen molar-refractivity contribution in [1.82, 2.24) is 4.72 Å². The Morgan fingerprint density at radius 2 is 1.64 bits per heavy atom. The second-order valence-electron chi connectivity index (χ2n) is 4.89. The maximum absolute atomic E-state index is 12.5. The fourth-order valence-electron chi connectivity index (χ4n) is 1.92. The van der Waals surface area contributed by atoms with Gasteiger partial charge >= 0.3 is 18.3 Å². The fourth-order valence-corrected chi connectivity index (χ4v) is 4.68. The van der Waals surface area contributed by atoms with Crippen molar-refractivity contribution < 1.29 is 44.7 Å². The second kappa shape index (κ2) is 7.68. The third kappa shape index (κ3) is 7.38. The summed E-state index contributed by atoms with van der Waals surface area (Å²) in [6.45, 7) is 0.